The number of benzene rings is 1. The highest BCUT2D eigenvalue weighted by molar-refractivity contribution is 7.98. The van der Waals surface area contributed by atoms with Crippen LogP contribution in [0.15, 0.2) is 18.2 Å². The third-order valence-corrected chi connectivity index (χ3v) is 3.94. The summed E-state index contributed by atoms with van der Waals surface area (Å²) in [5.74, 6) is 5.89. The molecule has 4 heteroatoms. The van der Waals surface area contributed by atoms with Gasteiger partial charge in [-0.15, -0.1) is 0 Å². The van der Waals surface area contributed by atoms with Crippen molar-refractivity contribution in [1.82, 2.24) is 4.90 Å². The zero-order chi connectivity index (χ0) is 15.0. The number of hydrogen-bond acceptors (Lipinski definition) is 3. The topological polar surface area (TPSA) is 23.5 Å². The van der Waals surface area contributed by atoms with Crippen LogP contribution in [0.3, 0.4) is 0 Å². The first kappa shape index (κ1) is 17.0. The van der Waals surface area contributed by atoms with Gasteiger partial charge in [0.15, 0.2) is 0 Å². The molecule has 0 aliphatic carbocycles. The van der Waals surface area contributed by atoms with Gasteiger partial charge in [-0.2, -0.15) is 11.8 Å². The maximum Gasteiger partial charge on any atom is 0.138 e. The van der Waals surface area contributed by atoms with Crippen molar-refractivity contribution >= 4 is 11.8 Å². The van der Waals surface area contributed by atoms with Crippen LogP contribution in [0.5, 0.6) is 0 Å². The van der Waals surface area contributed by atoms with E-state index in [1.807, 2.05) is 11.8 Å². The van der Waals surface area contributed by atoms with Gasteiger partial charge in [-0.1, -0.05) is 24.8 Å². The molecular weight excluding hydrogens is 273 g/mol. The van der Waals surface area contributed by atoms with E-state index in [0.29, 0.717) is 11.6 Å². The zero-order valence-corrected chi connectivity index (χ0v) is 13.1. The first-order valence-corrected chi connectivity index (χ1v) is 8.09. The van der Waals surface area contributed by atoms with Crippen LogP contribution in [0.1, 0.15) is 24.5 Å². The minimum absolute atomic E-state index is 0.255. The second-order valence-corrected chi connectivity index (χ2v) is 5.62. The molecule has 110 valence electrons. The molecule has 1 rings (SSSR count). The highest BCUT2D eigenvalue weighted by Crippen LogP contribution is 2.15. The molecule has 0 aliphatic rings. The number of halogens is 1. The van der Waals surface area contributed by atoms with Crippen molar-refractivity contribution in [2.75, 3.05) is 25.7 Å². The molecule has 2 nitrogen and oxygen atoms in total. The fourth-order valence-corrected chi connectivity index (χ4v) is 2.94. The Kier molecular flexibility index (Phi) is 7.68. The Hall–Kier alpha value is -1.02. The van der Waals surface area contributed by atoms with E-state index in [4.69, 9.17) is 5.11 Å². The molecule has 0 radical (unpaired) electrons. The zero-order valence-electron chi connectivity index (χ0n) is 12.3. The molecule has 0 saturated carbocycles. The van der Waals surface area contributed by atoms with Crippen molar-refractivity contribution in [2.24, 2.45) is 0 Å². The van der Waals surface area contributed by atoms with E-state index in [1.165, 1.54) is 6.07 Å². The number of aliphatic hydroxyl groups is 1. The van der Waals surface area contributed by atoms with Gasteiger partial charge in [0, 0.05) is 18.3 Å². The van der Waals surface area contributed by atoms with Crippen molar-refractivity contribution in [3.63, 3.8) is 0 Å². The van der Waals surface area contributed by atoms with Crippen LogP contribution in [-0.2, 0) is 6.54 Å². The van der Waals surface area contributed by atoms with E-state index < -0.39 is 0 Å². The van der Waals surface area contributed by atoms with Gasteiger partial charge < -0.3 is 5.11 Å². The Labute approximate surface area is 125 Å². The lowest BCUT2D eigenvalue weighted by Gasteiger charge is -2.26. The quantitative estimate of drug-likeness (QED) is 0.816. The van der Waals surface area contributed by atoms with Crippen LogP contribution < -0.4 is 0 Å². The minimum Gasteiger partial charge on any atom is -0.384 e. The Morgan fingerprint density at radius 1 is 1.45 bits per heavy atom. The molecule has 0 saturated heterocycles. The summed E-state index contributed by atoms with van der Waals surface area (Å²) in [7, 11) is 2.09. The second kappa shape index (κ2) is 9.02. The summed E-state index contributed by atoms with van der Waals surface area (Å²) in [5.41, 5.74) is 1.39. The van der Waals surface area contributed by atoms with E-state index in [-0.39, 0.29) is 12.4 Å². The molecule has 1 aromatic rings. The van der Waals surface area contributed by atoms with E-state index in [2.05, 4.69) is 37.0 Å². The molecule has 1 atom stereocenters. The van der Waals surface area contributed by atoms with Gasteiger partial charge in [0.1, 0.15) is 12.4 Å². The van der Waals surface area contributed by atoms with Gasteiger partial charge in [-0.3, -0.25) is 4.90 Å². The standard InChI is InChI=1S/C16H22FNOS/c1-4-15(12-20-3)18(2)11-13-7-8-16(17)14(10-13)6-5-9-19/h7-8,10,15,19H,4,9,11-12H2,1-3H3. The number of nitrogens with zero attached hydrogens (tertiary/aromatic N) is 1. The highest BCUT2D eigenvalue weighted by atomic mass is 32.2. The highest BCUT2D eigenvalue weighted by Gasteiger charge is 2.13. The molecule has 0 fully saturated rings. The number of hydrogen-bond donors (Lipinski definition) is 1. The lowest BCUT2D eigenvalue weighted by Crippen LogP contribution is -2.32. The molecule has 0 spiro atoms. The minimum atomic E-state index is -0.339. The fourth-order valence-electron chi connectivity index (χ4n) is 2.07. The maximum atomic E-state index is 13.6. The first-order chi connectivity index (χ1) is 9.62. The summed E-state index contributed by atoms with van der Waals surface area (Å²) in [6, 6.07) is 5.52. The molecule has 0 bridgehead atoms. The van der Waals surface area contributed by atoms with Crippen molar-refractivity contribution in [3.05, 3.63) is 35.1 Å². The predicted molar refractivity (Wildman–Crippen MR) is 84.3 cm³/mol. The predicted octanol–water partition coefficient (Wildman–Crippen LogP) is 2.74. The molecule has 1 N–H and O–H groups in total. The average Bonchev–Trinajstić information content (AvgIpc) is 2.45. The number of rotatable bonds is 6. The number of thioether (sulfide) groups is 1. The van der Waals surface area contributed by atoms with Gasteiger partial charge in [0.2, 0.25) is 0 Å². The number of aliphatic hydroxyl groups excluding tert-OH is 1. The molecule has 0 heterocycles. The maximum absolute atomic E-state index is 13.6. The van der Waals surface area contributed by atoms with E-state index in [1.54, 1.807) is 12.1 Å². The molecular formula is C16H22FNOS. The Morgan fingerprint density at radius 2 is 2.20 bits per heavy atom. The summed E-state index contributed by atoms with van der Waals surface area (Å²) in [6.07, 6.45) is 3.20. The SMILES string of the molecule is CCC(CSC)N(C)Cc1ccc(F)c(C#CCO)c1. The lowest BCUT2D eigenvalue weighted by atomic mass is 10.1. The Bertz CT molecular complexity index is 481. The van der Waals surface area contributed by atoms with E-state index >= 15 is 0 Å². The summed E-state index contributed by atoms with van der Waals surface area (Å²) >= 11 is 1.84. The lowest BCUT2D eigenvalue weighted by molar-refractivity contribution is 0.248. The van der Waals surface area contributed by atoms with Crippen LogP contribution in [0.25, 0.3) is 0 Å². The summed E-state index contributed by atoms with van der Waals surface area (Å²) in [5, 5.41) is 8.69. The van der Waals surface area contributed by atoms with Crippen molar-refractivity contribution in [1.29, 1.82) is 0 Å². The van der Waals surface area contributed by atoms with Crippen molar-refractivity contribution < 1.29 is 9.50 Å². The third-order valence-electron chi connectivity index (χ3n) is 3.22. The molecule has 0 aromatic heterocycles. The third kappa shape index (κ3) is 5.16. The van der Waals surface area contributed by atoms with Gasteiger partial charge in [-0.25, -0.2) is 4.39 Å². The van der Waals surface area contributed by atoms with Gasteiger partial charge in [-0.05, 0) is 37.4 Å². The second-order valence-electron chi connectivity index (χ2n) is 4.71. The van der Waals surface area contributed by atoms with Gasteiger partial charge in [0.25, 0.3) is 0 Å². The normalized spacial score (nSPS) is 12.1. The monoisotopic (exact) mass is 295 g/mol. The first-order valence-electron chi connectivity index (χ1n) is 6.69. The van der Waals surface area contributed by atoms with Crippen LogP contribution in [-0.4, -0.2) is 41.7 Å². The smallest absolute Gasteiger partial charge is 0.138 e. The van der Waals surface area contributed by atoms with Crippen LogP contribution in [0.2, 0.25) is 0 Å². The molecule has 0 aliphatic heterocycles. The average molecular weight is 295 g/mol. The van der Waals surface area contributed by atoms with Crippen molar-refractivity contribution in [2.45, 2.75) is 25.9 Å². The summed E-state index contributed by atoms with van der Waals surface area (Å²) < 4.78 is 13.6. The Balaban J connectivity index is 2.82. The summed E-state index contributed by atoms with van der Waals surface area (Å²) in [6.45, 7) is 2.70. The Morgan fingerprint density at radius 3 is 2.80 bits per heavy atom. The molecule has 0 amide bonds. The fraction of sp³-hybridized carbons (Fsp3) is 0.500. The van der Waals surface area contributed by atoms with Gasteiger partial charge in [0.05, 0.1) is 5.56 Å². The largest absolute Gasteiger partial charge is 0.384 e. The molecule has 1 aromatic carbocycles. The molecule has 20 heavy (non-hydrogen) atoms. The van der Waals surface area contributed by atoms with Crippen LogP contribution >= 0.6 is 11.8 Å². The van der Waals surface area contributed by atoms with Crippen LogP contribution in [0, 0.1) is 17.7 Å². The van der Waals surface area contributed by atoms with E-state index in [0.717, 1.165) is 24.3 Å². The van der Waals surface area contributed by atoms with E-state index in [9.17, 15) is 4.39 Å². The van der Waals surface area contributed by atoms with Crippen LogP contribution in [0.4, 0.5) is 4.39 Å². The van der Waals surface area contributed by atoms with Crippen molar-refractivity contribution in [3.8, 4) is 11.8 Å². The van der Waals surface area contributed by atoms with Gasteiger partial charge >= 0.3 is 0 Å². The summed E-state index contributed by atoms with van der Waals surface area (Å²) in [4.78, 5) is 2.28. The molecule has 1 unspecified atom stereocenters.